The fourth-order valence-electron chi connectivity index (χ4n) is 1.72. The van der Waals surface area contributed by atoms with E-state index in [1.54, 1.807) is 12.1 Å². The van der Waals surface area contributed by atoms with Crippen molar-refractivity contribution in [1.82, 2.24) is 16.3 Å². The fraction of sp³-hybridized carbons (Fsp3) is 0.154. The Morgan fingerprint density at radius 3 is 2.95 bits per heavy atom. The lowest BCUT2D eigenvalue weighted by Gasteiger charge is -2.05. The molecule has 0 bridgehead atoms. The van der Waals surface area contributed by atoms with Crippen molar-refractivity contribution in [3.8, 4) is 5.75 Å². The first kappa shape index (κ1) is 15.0. The Kier molecular flexibility index (Phi) is 4.59. The number of aromatic hydroxyl groups is 1. The summed E-state index contributed by atoms with van der Waals surface area (Å²) in [5, 5.41) is 13.4. The zero-order chi connectivity index (χ0) is 15.4. The van der Waals surface area contributed by atoms with Crippen LogP contribution in [0, 0.1) is 5.92 Å². The van der Waals surface area contributed by atoms with Crippen LogP contribution in [0.5, 0.6) is 5.75 Å². The summed E-state index contributed by atoms with van der Waals surface area (Å²) in [5.41, 5.74) is 8.15. The molecule has 2 rings (SSSR count). The normalized spacial score (nSPS) is 17.7. The van der Waals surface area contributed by atoms with Crippen LogP contribution in [0.25, 0.3) is 0 Å². The van der Waals surface area contributed by atoms with Crippen molar-refractivity contribution in [1.29, 1.82) is 0 Å². The first-order valence-electron chi connectivity index (χ1n) is 6.02. The number of amides is 2. The van der Waals surface area contributed by atoms with Crippen LogP contribution in [-0.2, 0) is 9.59 Å². The lowest BCUT2D eigenvalue weighted by atomic mass is 10.0. The van der Waals surface area contributed by atoms with Crippen LogP contribution in [0.15, 0.2) is 40.0 Å². The van der Waals surface area contributed by atoms with Gasteiger partial charge in [-0.15, -0.1) is 0 Å². The standard InChI is InChI=1S/C13H13BrN4O3/c1-7-10(13(21)18-16-7)5-12(20)17-15-6-8-4-9(14)2-3-11(8)19/h2-4,6,10,16,19H,1,5H2,(H,17,20)(H,18,21)/b15-6+. The van der Waals surface area contributed by atoms with Crippen LogP contribution in [0.4, 0.5) is 0 Å². The molecule has 1 heterocycles. The molecular formula is C13H13BrN4O3. The first-order chi connectivity index (χ1) is 9.97. The van der Waals surface area contributed by atoms with Gasteiger partial charge in [0.05, 0.1) is 12.1 Å². The van der Waals surface area contributed by atoms with E-state index in [4.69, 9.17) is 0 Å². The number of nitrogens with one attached hydrogen (secondary N) is 3. The van der Waals surface area contributed by atoms with Gasteiger partial charge in [0.15, 0.2) is 0 Å². The third-order valence-electron chi connectivity index (χ3n) is 2.86. The highest BCUT2D eigenvalue weighted by Gasteiger charge is 2.29. The van der Waals surface area contributed by atoms with Gasteiger partial charge in [-0.05, 0) is 18.2 Å². The number of benzene rings is 1. The molecule has 21 heavy (non-hydrogen) atoms. The van der Waals surface area contributed by atoms with E-state index in [0.29, 0.717) is 11.3 Å². The highest BCUT2D eigenvalue weighted by atomic mass is 79.9. The number of carbonyl (C=O) groups excluding carboxylic acids is 2. The van der Waals surface area contributed by atoms with Gasteiger partial charge in [-0.25, -0.2) is 5.43 Å². The minimum atomic E-state index is -0.612. The van der Waals surface area contributed by atoms with Gasteiger partial charge in [-0.2, -0.15) is 5.10 Å². The topological polar surface area (TPSA) is 103 Å². The average molecular weight is 353 g/mol. The van der Waals surface area contributed by atoms with Crippen molar-refractivity contribution in [2.24, 2.45) is 11.0 Å². The summed E-state index contributed by atoms with van der Waals surface area (Å²) < 4.78 is 0.776. The molecule has 1 aliphatic rings. The molecule has 110 valence electrons. The van der Waals surface area contributed by atoms with E-state index < -0.39 is 11.8 Å². The van der Waals surface area contributed by atoms with Gasteiger partial charge in [0.2, 0.25) is 11.8 Å². The summed E-state index contributed by atoms with van der Waals surface area (Å²) in [7, 11) is 0. The van der Waals surface area contributed by atoms with Gasteiger partial charge in [0.25, 0.3) is 0 Å². The van der Waals surface area contributed by atoms with E-state index in [1.165, 1.54) is 12.3 Å². The Labute approximate surface area is 129 Å². The number of halogens is 1. The molecule has 7 nitrogen and oxygen atoms in total. The molecule has 1 aliphatic heterocycles. The highest BCUT2D eigenvalue weighted by molar-refractivity contribution is 9.10. The molecule has 0 saturated carbocycles. The predicted molar refractivity (Wildman–Crippen MR) is 80.1 cm³/mol. The monoisotopic (exact) mass is 352 g/mol. The molecule has 0 aromatic heterocycles. The Morgan fingerprint density at radius 1 is 1.52 bits per heavy atom. The van der Waals surface area contributed by atoms with Crippen LogP contribution in [0.1, 0.15) is 12.0 Å². The molecule has 1 unspecified atom stereocenters. The lowest BCUT2D eigenvalue weighted by molar-refractivity contribution is -0.127. The summed E-state index contributed by atoms with van der Waals surface area (Å²) in [6, 6.07) is 4.84. The number of hydrazone groups is 1. The second kappa shape index (κ2) is 6.40. The summed E-state index contributed by atoms with van der Waals surface area (Å²) in [6.45, 7) is 3.64. The Morgan fingerprint density at radius 2 is 2.29 bits per heavy atom. The molecule has 1 aromatic rings. The zero-order valence-electron chi connectivity index (χ0n) is 10.9. The molecule has 0 spiro atoms. The second-order valence-corrected chi connectivity index (χ2v) is 5.31. The van der Waals surface area contributed by atoms with Crippen molar-refractivity contribution in [3.63, 3.8) is 0 Å². The smallest absolute Gasteiger partial charge is 0.247 e. The SMILES string of the molecule is C=C1NNC(=O)C1CC(=O)N/N=C/c1cc(Br)ccc1O. The molecule has 8 heteroatoms. The first-order valence-corrected chi connectivity index (χ1v) is 6.82. The summed E-state index contributed by atoms with van der Waals surface area (Å²) in [5.74, 6) is -1.29. The number of hydrogen-bond acceptors (Lipinski definition) is 5. The van der Waals surface area contributed by atoms with Crippen LogP contribution in [-0.4, -0.2) is 23.1 Å². The van der Waals surface area contributed by atoms with Crippen molar-refractivity contribution in [3.05, 3.63) is 40.5 Å². The van der Waals surface area contributed by atoms with Crippen LogP contribution in [0.3, 0.4) is 0 Å². The number of rotatable bonds is 4. The second-order valence-electron chi connectivity index (χ2n) is 4.39. The molecule has 1 atom stereocenters. The largest absolute Gasteiger partial charge is 0.507 e. The van der Waals surface area contributed by atoms with Gasteiger partial charge < -0.3 is 10.5 Å². The zero-order valence-corrected chi connectivity index (χ0v) is 12.5. The Bertz CT molecular complexity index is 614. The quantitative estimate of drug-likeness (QED) is 0.474. The number of phenols is 1. The van der Waals surface area contributed by atoms with Crippen molar-refractivity contribution >= 4 is 34.0 Å². The Hall–Kier alpha value is -2.35. The predicted octanol–water partition coefficient (Wildman–Crippen LogP) is 0.759. The fourth-order valence-corrected chi connectivity index (χ4v) is 2.10. The van der Waals surface area contributed by atoms with Gasteiger partial charge in [0.1, 0.15) is 5.75 Å². The lowest BCUT2D eigenvalue weighted by Crippen LogP contribution is -2.27. The van der Waals surface area contributed by atoms with Crippen molar-refractivity contribution in [2.75, 3.05) is 0 Å². The van der Waals surface area contributed by atoms with E-state index in [2.05, 4.69) is 43.9 Å². The van der Waals surface area contributed by atoms with Gasteiger partial charge in [0, 0.05) is 22.2 Å². The molecule has 1 aromatic carbocycles. The molecule has 1 fully saturated rings. The van der Waals surface area contributed by atoms with Crippen molar-refractivity contribution in [2.45, 2.75) is 6.42 Å². The summed E-state index contributed by atoms with van der Waals surface area (Å²) in [6.07, 6.45) is 1.26. The minimum Gasteiger partial charge on any atom is -0.507 e. The van der Waals surface area contributed by atoms with E-state index >= 15 is 0 Å². The third-order valence-corrected chi connectivity index (χ3v) is 3.35. The summed E-state index contributed by atoms with van der Waals surface area (Å²) >= 11 is 3.27. The van der Waals surface area contributed by atoms with Gasteiger partial charge >= 0.3 is 0 Å². The van der Waals surface area contributed by atoms with Crippen molar-refractivity contribution < 1.29 is 14.7 Å². The number of nitrogens with zero attached hydrogens (tertiary/aromatic N) is 1. The van der Waals surface area contributed by atoms with E-state index in [0.717, 1.165) is 4.47 Å². The maximum atomic E-state index is 11.7. The molecule has 0 aliphatic carbocycles. The van der Waals surface area contributed by atoms with Gasteiger partial charge in [-0.1, -0.05) is 22.5 Å². The number of phenolic OH excluding ortho intramolecular Hbond substituents is 1. The van der Waals surface area contributed by atoms with Crippen LogP contribution in [0.2, 0.25) is 0 Å². The van der Waals surface area contributed by atoms with E-state index in [-0.39, 0.29) is 18.1 Å². The molecular weight excluding hydrogens is 340 g/mol. The van der Waals surface area contributed by atoms with Crippen LogP contribution >= 0.6 is 15.9 Å². The average Bonchev–Trinajstić information content (AvgIpc) is 2.74. The number of hydrazine groups is 1. The third kappa shape index (κ3) is 3.82. The number of hydrogen-bond donors (Lipinski definition) is 4. The molecule has 2 amide bonds. The molecule has 4 N–H and O–H groups in total. The maximum Gasteiger partial charge on any atom is 0.247 e. The summed E-state index contributed by atoms with van der Waals surface area (Å²) in [4.78, 5) is 23.1. The van der Waals surface area contributed by atoms with E-state index in [1.807, 2.05) is 0 Å². The molecule has 0 radical (unpaired) electrons. The Balaban J connectivity index is 1.92. The van der Waals surface area contributed by atoms with E-state index in [9.17, 15) is 14.7 Å². The maximum absolute atomic E-state index is 11.7. The van der Waals surface area contributed by atoms with Crippen LogP contribution < -0.4 is 16.3 Å². The molecule has 1 saturated heterocycles. The minimum absolute atomic E-state index is 0.0453. The number of carbonyl (C=O) groups is 2. The van der Waals surface area contributed by atoms with Gasteiger partial charge in [-0.3, -0.25) is 15.0 Å². The highest BCUT2D eigenvalue weighted by Crippen LogP contribution is 2.20.